The van der Waals surface area contributed by atoms with Gasteiger partial charge in [0.1, 0.15) is 0 Å². The van der Waals surface area contributed by atoms with Gasteiger partial charge in [-0.2, -0.15) is 5.10 Å². The third-order valence-electron chi connectivity index (χ3n) is 3.60. The molecule has 0 saturated heterocycles. The predicted octanol–water partition coefficient (Wildman–Crippen LogP) is 1.08. The molecule has 0 aromatic carbocycles. The Morgan fingerprint density at radius 3 is 2.62 bits per heavy atom. The van der Waals surface area contributed by atoms with Crippen LogP contribution in [0.1, 0.15) is 33.6 Å². The molecule has 92 valence electrons. The van der Waals surface area contributed by atoms with Crippen LogP contribution >= 0.6 is 0 Å². The smallest absolute Gasteiger partial charge is 0.332 e. The molecule has 0 radical (unpaired) electrons. The molecule has 2 atom stereocenters. The van der Waals surface area contributed by atoms with Gasteiger partial charge in [-0.3, -0.25) is 0 Å². The van der Waals surface area contributed by atoms with Gasteiger partial charge >= 0.3 is 6.03 Å². The number of carbonyl (C=O) groups is 1. The third kappa shape index (κ3) is 2.95. The minimum absolute atomic E-state index is 0.236. The lowest BCUT2D eigenvalue weighted by Crippen LogP contribution is -2.25. The summed E-state index contributed by atoms with van der Waals surface area (Å²) in [5.41, 5.74) is 8.30. The number of hydrogen-bond donors (Lipinski definition) is 3. The van der Waals surface area contributed by atoms with E-state index in [1.54, 1.807) is 0 Å². The van der Waals surface area contributed by atoms with Gasteiger partial charge in [0.15, 0.2) is 0 Å². The molecule has 0 aromatic rings. The SMILES string of the molecule is C/C(CC1C(CCO)C1(C)C)=N\NC(N)=O. The lowest BCUT2D eigenvalue weighted by Gasteiger charge is -2.02. The van der Waals surface area contributed by atoms with E-state index in [4.69, 9.17) is 10.8 Å². The largest absolute Gasteiger partial charge is 0.396 e. The monoisotopic (exact) mass is 227 g/mol. The predicted molar refractivity (Wildman–Crippen MR) is 62.9 cm³/mol. The van der Waals surface area contributed by atoms with E-state index in [0.717, 1.165) is 18.6 Å². The molecular formula is C11H21N3O2. The van der Waals surface area contributed by atoms with Crippen molar-refractivity contribution in [2.75, 3.05) is 6.61 Å². The van der Waals surface area contributed by atoms with E-state index in [1.165, 1.54) is 0 Å². The Hall–Kier alpha value is -1.10. The van der Waals surface area contributed by atoms with Crippen molar-refractivity contribution >= 4 is 11.7 Å². The number of nitrogens with one attached hydrogen (secondary N) is 1. The topological polar surface area (TPSA) is 87.7 Å². The van der Waals surface area contributed by atoms with E-state index >= 15 is 0 Å². The first-order valence-electron chi connectivity index (χ1n) is 5.59. The average molecular weight is 227 g/mol. The Morgan fingerprint density at radius 1 is 1.50 bits per heavy atom. The van der Waals surface area contributed by atoms with Crippen molar-refractivity contribution in [3.63, 3.8) is 0 Å². The van der Waals surface area contributed by atoms with Gasteiger partial charge in [0, 0.05) is 12.3 Å². The number of urea groups is 1. The first-order chi connectivity index (χ1) is 7.39. The molecule has 5 nitrogen and oxygen atoms in total. The van der Waals surface area contributed by atoms with Crippen LogP contribution in [0.2, 0.25) is 0 Å². The second-order valence-corrected chi connectivity index (χ2v) is 5.07. The summed E-state index contributed by atoms with van der Waals surface area (Å²) < 4.78 is 0. The van der Waals surface area contributed by atoms with Crippen LogP contribution in [-0.4, -0.2) is 23.5 Å². The molecule has 4 N–H and O–H groups in total. The molecule has 16 heavy (non-hydrogen) atoms. The van der Waals surface area contributed by atoms with Gasteiger partial charge in [-0.1, -0.05) is 13.8 Å². The fourth-order valence-corrected chi connectivity index (χ4v) is 2.49. The average Bonchev–Trinajstić information content (AvgIpc) is 2.67. The summed E-state index contributed by atoms with van der Waals surface area (Å²) in [5, 5.41) is 12.8. The summed E-state index contributed by atoms with van der Waals surface area (Å²) in [5.74, 6) is 1.09. The van der Waals surface area contributed by atoms with E-state index in [1.807, 2.05) is 6.92 Å². The summed E-state index contributed by atoms with van der Waals surface area (Å²) in [6, 6.07) is -0.638. The van der Waals surface area contributed by atoms with Crippen LogP contribution in [0.5, 0.6) is 0 Å². The normalized spacial score (nSPS) is 27.6. The van der Waals surface area contributed by atoms with E-state index in [2.05, 4.69) is 24.4 Å². The summed E-state index contributed by atoms with van der Waals surface area (Å²) >= 11 is 0. The van der Waals surface area contributed by atoms with Crippen molar-refractivity contribution in [2.24, 2.45) is 28.1 Å². The number of carbonyl (C=O) groups excluding carboxylic acids is 1. The molecule has 0 aromatic heterocycles. The van der Waals surface area contributed by atoms with Gasteiger partial charge in [-0.15, -0.1) is 0 Å². The molecule has 0 aliphatic heterocycles. The van der Waals surface area contributed by atoms with Crippen LogP contribution in [0.15, 0.2) is 5.10 Å². The number of nitrogens with two attached hydrogens (primary N) is 1. The second-order valence-electron chi connectivity index (χ2n) is 5.07. The van der Waals surface area contributed by atoms with Crippen LogP contribution in [0.3, 0.4) is 0 Å². The van der Waals surface area contributed by atoms with E-state index in [-0.39, 0.29) is 12.0 Å². The Morgan fingerprint density at radius 2 is 2.12 bits per heavy atom. The van der Waals surface area contributed by atoms with Crippen LogP contribution < -0.4 is 11.2 Å². The number of rotatable bonds is 5. The van der Waals surface area contributed by atoms with Gasteiger partial charge in [0.05, 0.1) is 0 Å². The Bertz CT molecular complexity index is 300. The van der Waals surface area contributed by atoms with E-state index in [9.17, 15) is 4.79 Å². The summed E-state index contributed by atoms with van der Waals surface area (Å²) in [6.45, 7) is 6.51. The fraction of sp³-hybridized carbons (Fsp3) is 0.818. The molecule has 1 rings (SSSR count). The lowest BCUT2D eigenvalue weighted by atomic mass is 10.1. The maximum Gasteiger partial charge on any atom is 0.332 e. The maximum absolute atomic E-state index is 10.5. The van der Waals surface area contributed by atoms with Crippen molar-refractivity contribution in [1.82, 2.24) is 5.43 Å². The number of aliphatic hydroxyl groups excluding tert-OH is 1. The Labute approximate surface area is 96.1 Å². The third-order valence-corrected chi connectivity index (χ3v) is 3.60. The van der Waals surface area contributed by atoms with E-state index in [0.29, 0.717) is 11.8 Å². The van der Waals surface area contributed by atoms with Crippen molar-refractivity contribution < 1.29 is 9.90 Å². The number of amides is 2. The van der Waals surface area contributed by atoms with Crippen molar-refractivity contribution in [3.05, 3.63) is 0 Å². The van der Waals surface area contributed by atoms with Gasteiger partial charge in [0.2, 0.25) is 0 Å². The zero-order chi connectivity index (χ0) is 12.3. The molecule has 2 amide bonds. The molecule has 1 fully saturated rings. The Balaban J connectivity index is 2.44. The number of hydrogen-bond acceptors (Lipinski definition) is 3. The fourth-order valence-electron chi connectivity index (χ4n) is 2.49. The molecule has 0 bridgehead atoms. The highest BCUT2D eigenvalue weighted by atomic mass is 16.3. The van der Waals surface area contributed by atoms with Crippen LogP contribution in [0.25, 0.3) is 0 Å². The lowest BCUT2D eigenvalue weighted by molar-refractivity contribution is 0.249. The first kappa shape index (κ1) is 13.0. The molecule has 1 aliphatic rings. The van der Waals surface area contributed by atoms with Gasteiger partial charge in [-0.25, -0.2) is 10.2 Å². The van der Waals surface area contributed by atoms with Crippen molar-refractivity contribution in [3.8, 4) is 0 Å². The zero-order valence-corrected chi connectivity index (χ0v) is 10.2. The highest BCUT2D eigenvalue weighted by Crippen LogP contribution is 2.61. The molecule has 2 unspecified atom stereocenters. The number of nitrogens with zero attached hydrogens (tertiary/aromatic N) is 1. The molecular weight excluding hydrogens is 206 g/mol. The molecule has 0 heterocycles. The van der Waals surface area contributed by atoms with Gasteiger partial charge < -0.3 is 10.8 Å². The minimum atomic E-state index is -0.638. The quantitative estimate of drug-likeness (QED) is 0.484. The zero-order valence-electron chi connectivity index (χ0n) is 10.2. The summed E-state index contributed by atoms with van der Waals surface area (Å²) in [4.78, 5) is 10.5. The van der Waals surface area contributed by atoms with Crippen LogP contribution in [0.4, 0.5) is 4.79 Å². The molecule has 5 heteroatoms. The van der Waals surface area contributed by atoms with Gasteiger partial charge in [0.25, 0.3) is 0 Å². The van der Waals surface area contributed by atoms with E-state index < -0.39 is 6.03 Å². The van der Waals surface area contributed by atoms with Crippen molar-refractivity contribution in [2.45, 2.75) is 33.6 Å². The number of hydrazone groups is 1. The number of aliphatic hydroxyl groups is 1. The van der Waals surface area contributed by atoms with Crippen molar-refractivity contribution in [1.29, 1.82) is 0 Å². The first-order valence-corrected chi connectivity index (χ1v) is 5.59. The van der Waals surface area contributed by atoms with Crippen LogP contribution in [0, 0.1) is 17.3 Å². The summed E-state index contributed by atoms with van der Waals surface area (Å²) in [7, 11) is 0. The highest BCUT2D eigenvalue weighted by molar-refractivity contribution is 5.84. The van der Waals surface area contributed by atoms with Crippen LogP contribution in [-0.2, 0) is 0 Å². The maximum atomic E-state index is 10.5. The standard InChI is InChI=1S/C11H21N3O2/c1-7(13-14-10(12)16)6-9-8(4-5-15)11(9,2)3/h8-9,15H,4-6H2,1-3H3,(H3,12,14,16)/b13-7+. The summed E-state index contributed by atoms with van der Waals surface area (Å²) in [6.07, 6.45) is 1.69. The second kappa shape index (κ2) is 4.82. The molecule has 1 aliphatic carbocycles. The highest BCUT2D eigenvalue weighted by Gasteiger charge is 2.56. The molecule has 1 saturated carbocycles. The molecule has 0 spiro atoms. The van der Waals surface area contributed by atoms with Gasteiger partial charge in [-0.05, 0) is 37.0 Å². The Kier molecular flexibility index (Phi) is 3.91. The number of primary amides is 1. The minimum Gasteiger partial charge on any atom is -0.396 e.